The molecule has 0 saturated heterocycles. The first kappa shape index (κ1) is 19.3. The van der Waals surface area contributed by atoms with Crippen molar-refractivity contribution >= 4 is 15.8 Å². The van der Waals surface area contributed by atoms with Gasteiger partial charge in [0.1, 0.15) is 0 Å². The molecule has 0 radical (unpaired) electrons. The van der Waals surface area contributed by atoms with Crippen molar-refractivity contribution in [1.29, 1.82) is 0 Å². The third-order valence-electron chi connectivity index (χ3n) is 4.02. The lowest BCUT2D eigenvalue weighted by atomic mass is 9.87. The van der Waals surface area contributed by atoms with Crippen LogP contribution in [0.4, 0.5) is 0 Å². The van der Waals surface area contributed by atoms with Crippen molar-refractivity contribution in [1.82, 2.24) is 4.72 Å². The number of carbonyl (C=O) groups excluding carboxylic acids is 1. The Morgan fingerprint density at radius 2 is 1.36 bits per heavy atom. The van der Waals surface area contributed by atoms with Gasteiger partial charge in [0.15, 0.2) is 5.78 Å². The Labute approximate surface area is 150 Å². The fourth-order valence-corrected chi connectivity index (χ4v) is 3.90. The number of sulfonamides is 1. The van der Waals surface area contributed by atoms with Crippen molar-refractivity contribution in [2.75, 3.05) is 0 Å². The summed E-state index contributed by atoms with van der Waals surface area (Å²) in [5.41, 5.74) is 0.214. The van der Waals surface area contributed by atoms with E-state index in [1.54, 1.807) is 62.4 Å². The van der Waals surface area contributed by atoms with E-state index in [1.165, 1.54) is 0 Å². The molecule has 0 saturated carbocycles. The van der Waals surface area contributed by atoms with Gasteiger partial charge in [0.05, 0.1) is 10.4 Å². The number of benzene rings is 2. The molecular weight excluding hydrogens is 334 g/mol. The minimum atomic E-state index is -3.80. The van der Waals surface area contributed by atoms with Gasteiger partial charge in [-0.3, -0.25) is 4.79 Å². The summed E-state index contributed by atoms with van der Waals surface area (Å²) in [5.74, 6) is -0.275. The summed E-state index contributed by atoms with van der Waals surface area (Å²) < 4.78 is 27.9. The van der Waals surface area contributed by atoms with Crippen molar-refractivity contribution in [3.8, 4) is 0 Å². The fourth-order valence-electron chi connectivity index (χ4n) is 2.53. The normalized spacial score (nSPS) is 12.8. The summed E-state index contributed by atoms with van der Waals surface area (Å²) in [7, 11) is -3.80. The number of hydrogen-bond donors (Lipinski definition) is 1. The molecule has 0 aliphatic heterocycles. The first-order chi connectivity index (χ1) is 11.4. The topological polar surface area (TPSA) is 63.2 Å². The zero-order chi connectivity index (χ0) is 18.9. The molecule has 0 atom stereocenters. The summed E-state index contributed by atoms with van der Waals surface area (Å²) in [6.45, 7) is 9.34. The van der Waals surface area contributed by atoms with E-state index >= 15 is 0 Å². The van der Waals surface area contributed by atoms with E-state index in [4.69, 9.17) is 0 Å². The van der Waals surface area contributed by atoms with Crippen molar-refractivity contribution in [2.45, 2.75) is 50.5 Å². The molecule has 0 aromatic heterocycles. The predicted octanol–water partition coefficient (Wildman–Crippen LogP) is 3.92. The van der Waals surface area contributed by atoms with Gasteiger partial charge in [-0.2, -0.15) is 4.72 Å². The van der Waals surface area contributed by atoms with Gasteiger partial charge in [0, 0.05) is 5.56 Å². The molecule has 0 amide bonds. The molecule has 0 fully saturated rings. The van der Waals surface area contributed by atoms with E-state index in [1.807, 2.05) is 6.07 Å². The average molecular weight is 359 g/mol. The molecule has 0 bridgehead atoms. The third kappa shape index (κ3) is 4.55. The fraction of sp³-hybridized carbons (Fsp3) is 0.350. The van der Waals surface area contributed by atoms with E-state index in [0.717, 1.165) is 5.56 Å². The molecule has 0 heterocycles. The van der Waals surface area contributed by atoms with Crippen LogP contribution in [0.15, 0.2) is 59.5 Å². The van der Waals surface area contributed by atoms with Crippen LogP contribution < -0.4 is 4.72 Å². The van der Waals surface area contributed by atoms with E-state index in [-0.39, 0.29) is 16.1 Å². The van der Waals surface area contributed by atoms with Crippen molar-refractivity contribution in [2.24, 2.45) is 0 Å². The van der Waals surface area contributed by atoms with Crippen LogP contribution in [-0.4, -0.2) is 19.7 Å². The molecule has 2 rings (SSSR count). The molecule has 2 aromatic carbocycles. The lowest BCUT2D eigenvalue weighted by Gasteiger charge is -2.25. The molecule has 0 spiro atoms. The largest absolute Gasteiger partial charge is 0.292 e. The maximum atomic E-state index is 12.7. The first-order valence-electron chi connectivity index (χ1n) is 8.18. The van der Waals surface area contributed by atoms with E-state index in [2.05, 4.69) is 25.5 Å². The zero-order valence-corrected chi connectivity index (χ0v) is 16.1. The van der Waals surface area contributed by atoms with Crippen LogP contribution in [0.2, 0.25) is 0 Å². The number of carbonyl (C=O) groups is 1. The van der Waals surface area contributed by atoms with Gasteiger partial charge in [-0.05, 0) is 37.0 Å². The quantitative estimate of drug-likeness (QED) is 0.823. The zero-order valence-electron chi connectivity index (χ0n) is 15.3. The van der Waals surface area contributed by atoms with E-state index in [9.17, 15) is 13.2 Å². The molecule has 5 heteroatoms. The van der Waals surface area contributed by atoms with Crippen LogP contribution in [0.1, 0.15) is 50.5 Å². The Morgan fingerprint density at radius 1 is 0.840 bits per heavy atom. The molecule has 134 valence electrons. The highest BCUT2D eigenvalue weighted by atomic mass is 32.2. The Kier molecular flexibility index (Phi) is 5.21. The van der Waals surface area contributed by atoms with Gasteiger partial charge in [0.25, 0.3) is 0 Å². The van der Waals surface area contributed by atoms with Gasteiger partial charge >= 0.3 is 0 Å². The van der Waals surface area contributed by atoms with Crippen LogP contribution >= 0.6 is 0 Å². The van der Waals surface area contributed by atoms with Crippen molar-refractivity contribution < 1.29 is 13.2 Å². The standard InChI is InChI=1S/C20H25NO3S/c1-19(2,3)16-11-13-17(14-12-16)25(23,24)21-20(4,5)18(22)15-9-7-6-8-10-15/h6-14,21H,1-5H3. The molecule has 2 aromatic rings. The minimum Gasteiger partial charge on any atom is -0.292 e. The number of Topliss-reactive ketones (excluding diaryl/α,β-unsaturated/α-hetero) is 1. The minimum absolute atomic E-state index is 0.0573. The van der Waals surface area contributed by atoms with Crippen LogP contribution in [0.3, 0.4) is 0 Å². The van der Waals surface area contributed by atoms with Gasteiger partial charge in [-0.1, -0.05) is 63.2 Å². The number of nitrogens with one attached hydrogen (secondary N) is 1. The highest BCUT2D eigenvalue weighted by molar-refractivity contribution is 7.89. The first-order valence-corrected chi connectivity index (χ1v) is 9.66. The highest BCUT2D eigenvalue weighted by Crippen LogP contribution is 2.24. The monoisotopic (exact) mass is 359 g/mol. The average Bonchev–Trinajstić information content (AvgIpc) is 2.53. The highest BCUT2D eigenvalue weighted by Gasteiger charge is 2.33. The Bertz CT molecular complexity index is 846. The molecule has 25 heavy (non-hydrogen) atoms. The summed E-state index contributed by atoms with van der Waals surface area (Å²) in [4.78, 5) is 12.8. The molecule has 1 N–H and O–H groups in total. The predicted molar refractivity (Wildman–Crippen MR) is 100 cm³/mol. The summed E-state index contributed by atoms with van der Waals surface area (Å²) in [6.07, 6.45) is 0. The molecule has 0 unspecified atom stereocenters. The second kappa shape index (κ2) is 6.73. The SMILES string of the molecule is CC(C)(NS(=O)(=O)c1ccc(C(C)(C)C)cc1)C(=O)c1ccccc1. The van der Waals surface area contributed by atoms with E-state index < -0.39 is 15.6 Å². The summed E-state index contributed by atoms with van der Waals surface area (Å²) in [5, 5.41) is 0. The second-order valence-electron chi connectivity index (χ2n) is 7.70. The maximum Gasteiger partial charge on any atom is 0.241 e. The molecule has 0 aliphatic rings. The summed E-state index contributed by atoms with van der Waals surface area (Å²) in [6, 6.07) is 15.4. The Morgan fingerprint density at radius 3 is 1.84 bits per heavy atom. The Hall–Kier alpha value is -1.98. The third-order valence-corrected chi connectivity index (χ3v) is 5.70. The van der Waals surface area contributed by atoms with Crippen LogP contribution in [0.5, 0.6) is 0 Å². The smallest absolute Gasteiger partial charge is 0.241 e. The van der Waals surface area contributed by atoms with E-state index in [0.29, 0.717) is 5.56 Å². The number of hydrogen-bond acceptors (Lipinski definition) is 3. The Balaban J connectivity index is 2.27. The summed E-state index contributed by atoms with van der Waals surface area (Å²) >= 11 is 0. The van der Waals surface area contributed by atoms with Crippen molar-refractivity contribution in [3.05, 3.63) is 65.7 Å². The van der Waals surface area contributed by atoms with Crippen LogP contribution in [0, 0.1) is 0 Å². The molecule has 4 nitrogen and oxygen atoms in total. The molecular formula is C20H25NO3S. The second-order valence-corrected chi connectivity index (χ2v) is 9.38. The number of rotatable bonds is 5. The molecule has 0 aliphatic carbocycles. The van der Waals surface area contributed by atoms with Crippen LogP contribution in [0.25, 0.3) is 0 Å². The van der Waals surface area contributed by atoms with Gasteiger partial charge < -0.3 is 0 Å². The van der Waals surface area contributed by atoms with Gasteiger partial charge in [-0.25, -0.2) is 8.42 Å². The number of ketones is 1. The van der Waals surface area contributed by atoms with Gasteiger partial charge in [0.2, 0.25) is 10.0 Å². The maximum absolute atomic E-state index is 12.7. The van der Waals surface area contributed by atoms with Gasteiger partial charge in [-0.15, -0.1) is 0 Å². The lowest BCUT2D eigenvalue weighted by molar-refractivity contribution is 0.0901. The van der Waals surface area contributed by atoms with Crippen molar-refractivity contribution in [3.63, 3.8) is 0 Å². The van der Waals surface area contributed by atoms with Crippen LogP contribution in [-0.2, 0) is 15.4 Å². The lowest BCUT2D eigenvalue weighted by Crippen LogP contribution is -2.49.